The third-order valence-corrected chi connectivity index (χ3v) is 4.84. The molecule has 1 amide bonds. The predicted molar refractivity (Wildman–Crippen MR) is 86.9 cm³/mol. The first-order valence-electron chi connectivity index (χ1n) is 7.29. The van der Waals surface area contributed by atoms with Gasteiger partial charge < -0.3 is 15.8 Å². The van der Waals surface area contributed by atoms with Crippen LogP contribution in [0, 0.1) is 12.8 Å². The summed E-state index contributed by atoms with van der Waals surface area (Å²) in [5.41, 5.74) is 7.83. The van der Waals surface area contributed by atoms with Crippen LogP contribution < -0.4 is 11.1 Å². The Morgan fingerprint density at radius 1 is 1.48 bits per heavy atom. The summed E-state index contributed by atoms with van der Waals surface area (Å²) in [6.07, 6.45) is 2.56. The number of thiophene rings is 1. The van der Waals surface area contributed by atoms with Crippen LogP contribution in [0.25, 0.3) is 10.1 Å². The molecule has 1 aliphatic rings. The predicted octanol–water partition coefficient (Wildman–Crippen LogP) is 2.95. The van der Waals surface area contributed by atoms with Crippen molar-refractivity contribution in [2.45, 2.75) is 19.8 Å². The topological polar surface area (TPSA) is 64.4 Å². The Kier molecular flexibility index (Phi) is 4.12. The van der Waals surface area contributed by atoms with Gasteiger partial charge in [-0.2, -0.15) is 0 Å². The van der Waals surface area contributed by atoms with Crippen LogP contribution in [0.15, 0.2) is 18.2 Å². The number of nitrogens with two attached hydrogens (primary N) is 1. The number of anilines is 1. The van der Waals surface area contributed by atoms with E-state index >= 15 is 0 Å². The maximum Gasteiger partial charge on any atom is 0.263 e. The summed E-state index contributed by atoms with van der Waals surface area (Å²) in [6.45, 7) is 3.94. The van der Waals surface area contributed by atoms with Crippen molar-refractivity contribution in [1.82, 2.24) is 5.32 Å². The summed E-state index contributed by atoms with van der Waals surface area (Å²) in [5.74, 6) is 0.642. The van der Waals surface area contributed by atoms with E-state index in [9.17, 15) is 4.79 Å². The molecule has 112 valence electrons. The molecule has 2 aromatic rings. The van der Waals surface area contributed by atoms with Crippen molar-refractivity contribution in [1.29, 1.82) is 0 Å². The Morgan fingerprint density at radius 3 is 3.05 bits per heavy atom. The second-order valence-corrected chi connectivity index (χ2v) is 6.67. The molecule has 0 saturated heterocycles. The lowest BCUT2D eigenvalue weighted by Crippen LogP contribution is -2.27. The zero-order valence-electron chi connectivity index (χ0n) is 12.1. The van der Waals surface area contributed by atoms with Gasteiger partial charge in [0, 0.05) is 23.2 Å². The summed E-state index contributed by atoms with van der Waals surface area (Å²) in [4.78, 5) is 12.8. The van der Waals surface area contributed by atoms with Gasteiger partial charge >= 0.3 is 0 Å². The van der Waals surface area contributed by atoms with E-state index in [1.807, 2.05) is 19.1 Å². The first-order valence-corrected chi connectivity index (χ1v) is 8.11. The minimum Gasteiger partial charge on any atom is -0.397 e. The van der Waals surface area contributed by atoms with E-state index < -0.39 is 0 Å². The third-order valence-electron chi connectivity index (χ3n) is 3.67. The Labute approximate surface area is 128 Å². The largest absolute Gasteiger partial charge is 0.397 e. The molecule has 5 heteroatoms. The normalized spacial score (nSPS) is 14.5. The number of hydrogen-bond donors (Lipinski definition) is 2. The highest BCUT2D eigenvalue weighted by molar-refractivity contribution is 7.21. The fourth-order valence-electron chi connectivity index (χ4n) is 2.24. The summed E-state index contributed by atoms with van der Waals surface area (Å²) in [6, 6.07) is 6.05. The molecule has 4 nitrogen and oxygen atoms in total. The van der Waals surface area contributed by atoms with E-state index in [4.69, 9.17) is 10.5 Å². The number of aryl methyl sites for hydroxylation is 1. The molecule has 21 heavy (non-hydrogen) atoms. The molecule has 0 spiro atoms. The average molecular weight is 304 g/mol. The van der Waals surface area contributed by atoms with Gasteiger partial charge in [-0.15, -0.1) is 11.3 Å². The Bertz CT molecular complexity index is 662. The van der Waals surface area contributed by atoms with Gasteiger partial charge in [-0.25, -0.2) is 0 Å². The first-order chi connectivity index (χ1) is 10.1. The van der Waals surface area contributed by atoms with Crippen LogP contribution in [0.3, 0.4) is 0 Å². The lowest BCUT2D eigenvalue weighted by atomic mass is 10.1. The highest BCUT2D eigenvalue weighted by atomic mass is 32.1. The van der Waals surface area contributed by atoms with Gasteiger partial charge in [0.25, 0.3) is 5.91 Å². The standard InChI is InChI=1S/C16H20N2O2S/c1-10-2-5-12-13(8-10)21-15(14(12)17)16(19)18-6-7-20-9-11-3-4-11/h2,5,8,11H,3-4,6-7,9,17H2,1H3,(H,18,19). The van der Waals surface area contributed by atoms with Crippen LogP contribution in [0.5, 0.6) is 0 Å². The van der Waals surface area contributed by atoms with E-state index in [-0.39, 0.29) is 5.91 Å². The fraction of sp³-hybridized carbons (Fsp3) is 0.438. The van der Waals surface area contributed by atoms with E-state index in [1.165, 1.54) is 29.7 Å². The monoisotopic (exact) mass is 304 g/mol. The Morgan fingerprint density at radius 2 is 2.29 bits per heavy atom. The lowest BCUT2D eigenvalue weighted by molar-refractivity contribution is 0.0911. The molecular formula is C16H20N2O2S. The van der Waals surface area contributed by atoms with Crippen molar-refractivity contribution in [3.8, 4) is 0 Å². The molecule has 1 aromatic heterocycles. The van der Waals surface area contributed by atoms with Gasteiger partial charge in [0.15, 0.2) is 0 Å². The van der Waals surface area contributed by atoms with E-state index in [0.29, 0.717) is 23.7 Å². The number of carbonyl (C=O) groups excluding carboxylic acids is 1. The molecule has 3 N–H and O–H groups in total. The summed E-state index contributed by atoms with van der Waals surface area (Å²) < 4.78 is 6.56. The number of ether oxygens (including phenoxy) is 1. The van der Waals surface area contributed by atoms with E-state index in [1.54, 1.807) is 0 Å². The van der Waals surface area contributed by atoms with Gasteiger partial charge in [-0.1, -0.05) is 12.1 Å². The smallest absolute Gasteiger partial charge is 0.263 e. The average Bonchev–Trinajstić information content (AvgIpc) is 3.22. The molecule has 1 heterocycles. The molecular weight excluding hydrogens is 284 g/mol. The maximum absolute atomic E-state index is 12.2. The van der Waals surface area contributed by atoms with E-state index in [2.05, 4.69) is 11.4 Å². The lowest BCUT2D eigenvalue weighted by Gasteiger charge is -2.05. The maximum atomic E-state index is 12.2. The second kappa shape index (κ2) is 6.03. The van der Waals surface area contributed by atoms with Crippen molar-refractivity contribution in [2.24, 2.45) is 5.92 Å². The van der Waals surface area contributed by atoms with Crippen LogP contribution in [0.2, 0.25) is 0 Å². The molecule has 0 bridgehead atoms. The van der Waals surface area contributed by atoms with Crippen molar-refractivity contribution in [3.63, 3.8) is 0 Å². The molecule has 0 unspecified atom stereocenters. The van der Waals surface area contributed by atoms with Crippen LogP contribution in [-0.4, -0.2) is 25.7 Å². The number of nitrogens with one attached hydrogen (secondary N) is 1. The number of fused-ring (bicyclic) bond motifs is 1. The summed E-state index contributed by atoms with van der Waals surface area (Å²) in [7, 11) is 0. The summed E-state index contributed by atoms with van der Waals surface area (Å²) in [5, 5.41) is 3.83. The van der Waals surface area contributed by atoms with Crippen molar-refractivity contribution in [2.75, 3.05) is 25.5 Å². The molecule has 0 atom stereocenters. The zero-order valence-corrected chi connectivity index (χ0v) is 13.0. The highest BCUT2D eigenvalue weighted by Crippen LogP contribution is 2.34. The molecule has 0 radical (unpaired) electrons. The zero-order chi connectivity index (χ0) is 14.8. The fourth-order valence-corrected chi connectivity index (χ4v) is 3.38. The number of amides is 1. The van der Waals surface area contributed by atoms with Gasteiger partial charge in [0.2, 0.25) is 0 Å². The van der Waals surface area contributed by atoms with E-state index in [0.717, 1.165) is 22.6 Å². The number of nitrogen functional groups attached to an aromatic ring is 1. The Balaban J connectivity index is 1.59. The van der Waals surface area contributed by atoms with Crippen LogP contribution in [0.1, 0.15) is 28.1 Å². The minimum atomic E-state index is -0.110. The Hall–Kier alpha value is -1.59. The van der Waals surface area contributed by atoms with Gasteiger partial charge in [0.1, 0.15) is 4.88 Å². The van der Waals surface area contributed by atoms with Crippen LogP contribution in [0.4, 0.5) is 5.69 Å². The van der Waals surface area contributed by atoms with Gasteiger partial charge in [0.05, 0.1) is 12.3 Å². The molecule has 1 saturated carbocycles. The highest BCUT2D eigenvalue weighted by Gasteiger charge is 2.21. The number of benzene rings is 1. The molecule has 0 aliphatic heterocycles. The second-order valence-electron chi connectivity index (χ2n) is 5.62. The van der Waals surface area contributed by atoms with Crippen LogP contribution in [-0.2, 0) is 4.74 Å². The number of rotatable bonds is 6. The molecule has 1 aromatic carbocycles. The van der Waals surface area contributed by atoms with Crippen molar-refractivity contribution in [3.05, 3.63) is 28.6 Å². The van der Waals surface area contributed by atoms with Gasteiger partial charge in [-0.3, -0.25) is 4.79 Å². The molecule has 3 rings (SSSR count). The number of hydrogen-bond acceptors (Lipinski definition) is 4. The number of carbonyl (C=O) groups is 1. The minimum absolute atomic E-state index is 0.110. The molecule has 1 fully saturated rings. The van der Waals surface area contributed by atoms with Crippen LogP contribution >= 0.6 is 11.3 Å². The first kappa shape index (κ1) is 14.4. The summed E-state index contributed by atoms with van der Waals surface area (Å²) >= 11 is 1.45. The van der Waals surface area contributed by atoms with Crippen molar-refractivity contribution >= 4 is 33.0 Å². The molecule has 1 aliphatic carbocycles. The quantitative estimate of drug-likeness (QED) is 0.806. The van der Waals surface area contributed by atoms with Crippen molar-refractivity contribution < 1.29 is 9.53 Å². The third kappa shape index (κ3) is 3.36. The van der Waals surface area contributed by atoms with Gasteiger partial charge in [-0.05, 0) is 37.3 Å². The SMILES string of the molecule is Cc1ccc2c(N)c(C(=O)NCCOCC3CC3)sc2c1.